The van der Waals surface area contributed by atoms with Crippen molar-refractivity contribution in [1.29, 1.82) is 0 Å². The zero-order valence-corrected chi connectivity index (χ0v) is 10.5. The highest BCUT2D eigenvalue weighted by Gasteiger charge is 2.16. The monoisotopic (exact) mass is 289 g/mol. The first-order valence-electron chi connectivity index (χ1n) is 4.61. The number of nitrogens with one attached hydrogen (secondary N) is 1. The van der Waals surface area contributed by atoms with Crippen LogP contribution in [0.5, 0.6) is 0 Å². The van der Waals surface area contributed by atoms with Gasteiger partial charge in [0, 0.05) is 30.4 Å². The maximum absolute atomic E-state index is 10.8. The predicted octanol–water partition coefficient (Wildman–Crippen LogP) is 2.20. The van der Waals surface area contributed by atoms with Crippen molar-refractivity contribution >= 4 is 27.4 Å². The minimum Gasteiger partial charge on any atom is -0.380 e. The van der Waals surface area contributed by atoms with E-state index in [2.05, 4.69) is 26.2 Å². The van der Waals surface area contributed by atoms with E-state index in [-0.39, 0.29) is 17.6 Å². The first-order chi connectivity index (χ1) is 7.54. The summed E-state index contributed by atoms with van der Waals surface area (Å²) >= 11 is 3.14. The molecule has 0 radical (unpaired) electrons. The fraction of sp³-hybridized carbons (Fsp3) is 0.444. The summed E-state index contributed by atoms with van der Waals surface area (Å²) in [7, 11) is 1.58. The van der Waals surface area contributed by atoms with Crippen LogP contribution in [-0.4, -0.2) is 29.7 Å². The van der Waals surface area contributed by atoms with Gasteiger partial charge in [0.15, 0.2) is 0 Å². The second-order valence-corrected chi connectivity index (χ2v) is 4.12. The molecule has 0 aromatic carbocycles. The third kappa shape index (κ3) is 3.42. The highest BCUT2D eigenvalue weighted by molar-refractivity contribution is 9.10. The summed E-state index contributed by atoms with van der Waals surface area (Å²) < 4.78 is 5.60. The average Bonchev–Trinajstić information content (AvgIpc) is 2.26. The molecule has 0 bridgehead atoms. The summed E-state index contributed by atoms with van der Waals surface area (Å²) in [5.74, 6) is 0.247. The summed E-state index contributed by atoms with van der Waals surface area (Å²) in [4.78, 5) is 14.2. The molecule has 1 N–H and O–H groups in total. The van der Waals surface area contributed by atoms with Gasteiger partial charge >= 0.3 is 5.69 Å². The van der Waals surface area contributed by atoms with Crippen LogP contribution in [0, 0.1) is 10.1 Å². The highest BCUT2D eigenvalue weighted by Crippen LogP contribution is 2.25. The fourth-order valence-electron chi connectivity index (χ4n) is 1.03. The van der Waals surface area contributed by atoms with Gasteiger partial charge < -0.3 is 10.1 Å². The molecule has 16 heavy (non-hydrogen) atoms. The Morgan fingerprint density at radius 2 is 2.44 bits per heavy atom. The number of halogens is 1. The van der Waals surface area contributed by atoms with Crippen LogP contribution < -0.4 is 5.32 Å². The Bertz CT molecular complexity index is 386. The van der Waals surface area contributed by atoms with Crippen LogP contribution in [0.25, 0.3) is 0 Å². The molecule has 0 spiro atoms. The number of anilines is 1. The molecule has 0 aliphatic heterocycles. The third-order valence-electron chi connectivity index (χ3n) is 1.99. The van der Waals surface area contributed by atoms with Crippen LogP contribution in [0.15, 0.2) is 16.7 Å². The maximum atomic E-state index is 10.8. The van der Waals surface area contributed by atoms with Crippen molar-refractivity contribution in [3.63, 3.8) is 0 Å². The molecule has 1 rings (SSSR count). The van der Waals surface area contributed by atoms with Crippen LogP contribution in [0.2, 0.25) is 0 Å². The standard InChI is InChI=1S/C9H12BrN3O3/c1-6(16-2)4-11-9-8(13(14)15)3-7(10)5-12-9/h3,5-6H,4H2,1-2H3,(H,11,12). The van der Waals surface area contributed by atoms with Gasteiger partial charge in [-0.2, -0.15) is 0 Å². The number of hydrogen-bond donors (Lipinski definition) is 1. The van der Waals surface area contributed by atoms with Gasteiger partial charge in [-0.3, -0.25) is 10.1 Å². The van der Waals surface area contributed by atoms with Crippen molar-refractivity contribution < 1.29 is 9.66 Å². The SMILES string of the molecule is COC(C)CNc1ncc(Br)cc1[N+](=O)[O-]. The molecule has 1 atom stereocenters. The van der Waals surface area contributed by atoms with Gasteiger partial charge in [-0.25, -0.2) is 4.98 Å². The van der Waals surface area contributed by atoms with Crippen LogP contribution in [0.1, 0.15) is 6.92 Å². The van der Waals surface area contributed by atoms with Crippen molar-refractivity contribution in [1.82, 2.24) is 4.98 Å². The number of rotatable bonds is 5. The molecule has 0 aliphatic carbocycles. The van der Waals surface area contributed by atoms with Crippen LogP contribution in [-0.2, 0) is 4.74 Å². The Morgan fingerprint density at radius 3 is 3.00 bits per heavy atom. The summed E-state index contributed by atoms with van der Waals surface area (Å²) in [5, 5.41) is 13.6. The molecule has 0 fully saturated rings. The zero-order chi connectivity index (χ0) is 12.1. The molecule has 1 heterocycles. The molecule has 1 unspecified atom stereocenters. The van der Waals surface area contributed by atoms with Crippen molar-refractivity contribution in [3.8, 4) is 0 Å². The number of methoxy groups -OCH3 is 1. The van der Waals surface area contributed by atoms with E-state index in [4.69, 9.17) is 4.74 Å². The Labute approximate surface area is 101 Å². The Kier molecular flexibility index (Phi) is 4.63. The molecule has 1 aromatic rings. The van der Waals surface area contributed by atoms with E-state index < -0.39 is 4.92 Å². The van der Waals surface area contributed by atoms with E-state index in [1.165, 1.54) is 12.3 Å². The van der Waals surface area contributed by atoms with E-state index in [1.54, 1.807) is 7.11 Å². The van der Waals surface area contributed by atoms with E-state index in [0.29, 0.717) is 11.0 Å². The smallest absolute Gasteiger partial charge is 0.312 e. The topological polar surface area (TPSA) is 77.3 Å². The Morgan fingerprint density at radius 1 is 1.75 bits per heavy atom. The summed E-state index contributed by atoms with van der Waals surface area (Å²) in [6.07, 6.45) is 1.47. The van der Waals surface area contributed by atoms with Crippen LogP contribution >= 0.6 is 15.9 Å². The minimum absolute atomic E-state index is 0.0370. The van der Waals surface area contributed by atoms with Crippen LogP contribution in [0.4, 0.5) is 11.5 Å². The summed E-state index contributed by atoms with van der Waals surface area (Å²) in [5.41, 5.74) is -0.0577. The molecule has 0 saturated carbocycles. The van der Waals surface area contributed by atoms with Crippen LogP contribution in [0.3, 0.4) is 0 Å². The number of aromatic nitrogens is 1. The van der Waals surface area contributed by atoms with Gasteiger partial charge in [0.25, 0.3) is 0 Å². The lowest BCUT2D eigenvalue weighted by atomic mass is 10.3. The number of hydrogen-bond acceptors (Lipinski definition) is 5. The minimum atomic E-state index is -0.475. The van der Waals surface area contributed by atoms with Gasteiger partial charge in [0.05, 0.1) is 11.0 Å². The molecule has 1 aromatic heterocycles. The zero-order valence-electron chi connectivity index (χ0n) is 8.94. The molecule has 0 aliphatic rings. The number of nitro groups is 1. The highest BCUT2D eigenvalue weighted by atomic mass is 79.9. The largest absolute Gasteiger partial charge is 0.380 e. The van der Waals surface area contributed by atoms with Crippen molar-refractivity contribution in [2.24, 2.45) is 0 Å². The molecule has 0 saturated heterocycles. The molecule has 88 valence electrons. The average molecular weight is 290 g/mol. The van der Waals surface area contributed by atoms with E-state index in [0.717, 1.165) is 0 Å². The molecule has 6 nitrogen and oxygen atoms in total. The normalized spacial score (nSPS) is 12.2. The first kappa shape index (κ1) is 12.9. The van der Waals surface area contributed by atoms with Crippen molar-refractivity contribution in [2.75, 3.05) is 19.0 Å². The maximum Gasteiger partial charge on any atom is 0.312 e. The lowest BCUT2D eigenvalue weighted by molar-refractivity contribution is -0.384. The van der Waals surface area contributed by atoms with E-state index >= 15 is 0 Å². The van der Waals surface area contributed by atoms with Gasteiger partial charge in [0.2, 0.25) is 5.82 Å². The van der Waals surface area contributed by atoms with Gasteiger partial charge in [-0.05, 0) is 22.9 Å². The second-order valence-electron chi connectivity index (χ2n) is 3.21. The van der Waals surface area contributed by atoms with Gasteiger partial charge in [-0.15, -0.1) is 0 Å². The molecule has 7 heteroatoms. The lowest BCUT2D eigenvalue weighted by Crippen LogP contribution is -2.19. The summed E-state index contributed by atoms with van der Waals surface area (Å²) in [6, 6.07) is 1.41. The third-order valence-corrected chi connectivity index (χ3v) is 2.42. The lowest BCUT2D eigenvalue weighted by Gasteiger charge is -2.11. The second kappa shape index (κ2) is 5.76. The van der Waals surface area contributed by atoms with E-state index in [9.17, 15) is 10.1 Å². The van der Waals surface area contributed by atoms with Crippen molar-refractivity contribution in [3.05, 3.63) is 26.9 Å². The van der Waals surface area contributed by atoms with Crippen molar-refractivity contribution in [2.45, 2.75) is 13.0 Å². The van der Waals surface area contributed by atoms with Gasteiger partial charge in [-0.1, -0.05) is 0 Å². The Balaban J connectivity index is 2.82. The summed E-state index contributed by atoms with van der Waals surface area (Å²) in [6.45, 7) is 2.32. The molecular weight excluding hydrogens is 278 g/mol. The predicted molar refractivity (Wildman–Crippen MR) is 63.6 cm³/mol. The first-order valence-corrected chi connectivity index (χ1v) is 5.40. The number of pyridine rings is 1. The molecule has 0 amide bonds. The quantitative estimate of drug-likeness (QED) is 0.664. The number of ether oxygens (including phenoxy) is 1. The fourth-order valence-corrected chi connectivity index (χ4v) is 1.35. The van der Waals surface area contributed by atoms with E-state index in [1.807, 2.05) is 6.92 Å². The number of nitrogens with zero attached hydrogens (tertiary/aromatic N) is 2. The molecular formula is C9H12BrN3O3. The van der Waals surface area contributed by atoms with Gasteiger partial charge in [0.1, 0.15) is 0 Å². The Hall–Kier alpha value is -1.21.